The average molecular weight is 658 g/mol. The van der Waals surface area contributed by atoms with Crippen molar-refractivity contribution in [2.75, 3.05) is 51.9 Å². The van der Waals surface area contributed by atoms with Crippen LogP contribution in [0.5, 0.6) is 28.7 Å². The molecule has 0 radical (unpaired) electrons. The molecular weight excluding hydrogens is 622 g/mol. The maximum atomic E-state index is 13.5. The molecule has 0 bridgehead atoms. The van der Waals surface area contributed by atoms with E-state index in [4.69, 9.17) is 23.7 Å². The van der Waals surface area contributed by atoms with Crippen LogP contribution in [-0.4, -0.2) is 59.0 Å². The van der Waals surface area contributed by atoms with Crippen LogP contribution in [0, 0.1) is 0 Å². The van der Waals surface area contributed by atoms with Gasteiger partial charge in [-0.05, 0) is 72.3 Å². The fraction of sp³-hybridized carbons (Fsp3) is 0.171. The fourth-order valence-corrected chi connectivity index (χ4v) is 5.06. The number of methoxy groups -OCH3 is 5. The molecule has 47 heavy (non-hydrogen) atoms. The second kappa shape index (κ2) is 16.6. The Bertz CT molecular complexity index is 1720. The molecule has 0 saturated carbocycles. The summed E-state index contributed by atoms with van der Waals surface area (Å²) in [6.07, 6.45) is 1.52. The number of anilines is 2. The molecule has 4 aromatic rings. The van der Waals surface area contributed by atoms with Crippen LogP contribution in [0.15, 0.2) is 95.5 Å². The normalized spacial score (nSPS) is 10.8. The van der Waals surface area contributed by atoms with Crippen molar-refractivity contribution in [1.29, 1.82) is 0 Å². The van der Waals surface area contributed by atoms with Gasteiger partial charge in [0.25, 0.3) is 11.8 Å². The van der Waals surface area contributed by atoms with Crippen LogP contribution in [0.1, 0.15) is 15.9 Å². The molecular formula is C35H35N3O8S. The molecule has 3 N–H and O–H groups in total. The largest absolute Gasteiger partial charge is 0.497 e. The highest BCUT2D eigenvalue weighted by molar-refractivity contribution is 8.00. The highest BCUT2D eigenvalue weighted by Crippen LogP contribution is 2.38. The van der Waals surface area contributed by atoms with Gasteiger partial charge in [-0.15, -0.1) is 11.8 Å². The highest BCUT2D eigenvalue weighted by Gasteiger charge is 2.18. The van der Waals surface area contributed by atoms with Gasteiger partial charge in [0, 0.05) is 22.2 Å². The SMILES string of the molecule is COc1ccc(NC(=O)CSc2ccc(NC(=O)/C(=C/c3cc(OC)c(OC)c(OC)c3)NC(=O)c3ccccc3)cc2)c(OC)c1. The fourth-order valence-electron chi connectivity index (χ4n) is 4.36. The summed E-state index contributed by atoms with van der Waals surface area (Å²) in [6.45, 7) is 0. The highest BCUT2D eigenvalue weighted by atomic mass is 32.2. The lowest BCUT2D eigenvalue weighted by Crippen LogP contribution is -2.30. The molecule has 0 atom stereocenters. The molecule has 3 amide bonds. The molecule has 11 nitrogen and oxygen atoms in total. The monoisotopic (exact) mass is 657 g/mol. The van der Waals surface area contributed by atoms with Gasteiger partial charge in [-0.25, -0.2) is 0 Å². The van der Waals surface area contributed by atoms with Gasteiger partial charge in [0.15, 0.2) is 11.5 Å². The van der Waals surface area contributed by atoms with Crippen molar-refractivity contribution in [2.24, 2.45) is 0 Å². The molecule has 0 unspecified atom stereocenters. The quantitative estimate of drug-likeness (QED) is 0.112. The molecule has 12 heteroatoms. The summed E-state index contributed by atoms with van der Waals surface area (Å²) in [5, 5.41) is 8.38. The molecule has 244 valence electrons. The standard InChI is InChI=1S/C35H35N3O8S/c1-42-25-13-16-27(29(20-25)43-2)37-32(39)21-47-26-14-11-24(12-15-26)36-35(41)28(38-34(40)23-9-7-6-8-10-23)17-22-18-30(44-3)33(46-5)31(19-22)45-4/h6-20H,21H2,1-5H3,(H,36,41)(H,37,39)(H,38,40)/b28-17-. The number of hydrogen-bond acceptors (Lipinski definition) is 9. The Morgan fingerprint density at radius 3 is 1.96 bits per heavy atom. The maximum Gasteiger partial charge on any atom is 0.272 e. The number of benzene rings is 4. The number of hydrogen-bond donors (Lipinski definition) is 3. The predicted molar refractivity (Wildman–Crippen MR) is 182 cm³/mol. The second-order valence-electron chi connectivity index (χ2n) is 9.72. The average Bonchev–Trinajstić information content (AvgIpc) is 3.10. The molecule has 0 aromatic heterocycles. The summed E-state index contributed by atoms with van der Waals surface area (Å²) in [6, 6.07) is 24.0. The number of carbonyl (C=O) groups is 3. The third kappa shape index (κ3) is 9.21. The van der Waals surface area contributed by atoms with Crippen LogP contribution in [-0.2, 0) is 9.59 Å². The minimum atomic E-state index is -0.559. The van der Waals surface area contributed by atoms with E-state index in [1.165, 1.54) is 46.3 Å². The van der Waals surface area contributed by atoms with Crippen molar-refractivity contribution < 1.29 is 38.1 Å². The van der Waals surface area contributed by atoms with Gasteiger partial charge in [-0.1, -0.05) is 18.2 Å². The van der Waals surface area contributed by atoms with Crippen molar-refractivity contribution in [1.82, 2.24) is 5.32 Å². The van der Waals surface area contributed by atoms with E-state index in [1.54, 1.807) is 92.0 Å². The van der Waals surface area contributed by atoms with E-state index in [-0.39, 0.29) is 17.4 Å². The number of ether oxygens (including phenoxy) is 5. The minimum absolute atomic E-state index is 0.0165. The van der Waals surface area contributed by atoms with E-state index in [2.05, 4.69) is 16.0 Å². The van der Waals surface area contributed by atoms with E-state index in [1.807, 2.05) is 0 Å². The first-order valence-corrected chi connectivity index (χ1v) is 15.2. The predicted octanol–water partition coefficient (Wildman–Crippen LogP) is 5.87. The molecule has 0 aliphatic rings. The Balaban J connectivity index is 1.48. The van der Waals surface area contributed by atoms with E-state index >= 15 is 0 Å². The van der Waals surface area contributed by atoms with E-state index < -0.39 is 11.8 Å². The van der Waals surface area contributed by atoms with Crippen LogP contribution in [0.4, 0.5) is 11.4 Å². The van der Waals surface area contributed by atoms with Gasteiger partial charge in [0.1, 0.15) is 17.2 Å². The number of amides is 3. The lowest BCUT2D eigenvalue weighted by atomic mass is 10.1. The molecule has 0 heterocycles. The Kier molecular flexibility index (Phi) is 12.1. The molecule has 4 aromatic carbocycles. The Hall–Kier alpha value is -5.62. The molecule has 0 spiro atoms. The zero-order valence-electron chi connectivity index (χ0n) is 26.5. The van der Waals surface area contributed by atoms with Gasteiger partial charge < -0.3 is 39.6 Å². The third-order valence-corrected chi connectivity index (χ3v) is 7.70. The summed E-state index contributed by atoms with van der Waals surface area (Å²) in [5.41, 5.74) is 1.91. The first kappa shape index (κ1) is 34.3. The van der Waals surface area contributed by atoms with Crippen LogP contribution in [0.25, 0.3) is 6.08 Å². The van der Waals surface area contributed by atoms with Gasteiger partial charge in [-0.3, -0.25) is 14.4 Å². The van der Waals surface area contributed by atoms with Crippen LogP contribution < -0.4 is 39.6 Å². The Morgan fingerprint density at radius 1 is 0.702 bits per heavy atom. The van der Waals surface area contributed by atoms with E-state index in [0.717, 1.165) is 4.90 Å². The van der Waals surface area contributed by atoms with Crippen LogP contribution in [0.2, 0.25) is 0 Å². The van der Waals surface area contributed by atoms with Crippen LogP contribution in [0.3, 0.4) is 0 Å². The van der Waals surface area contributed by atoms with Crippen molar-refractivity contribution in [3.05, 3.63) is 102 Å². The molecule has 4 rings (SSSR count). The van der Waals surface area contributed by atoms with Gasteiger partial charge in [0.2, 0.25) is 11.7 Å². The summed E-state index contributed by atoms with van der Waals surface area (Å²) in [4.78, 5) is 40.0. The molecule has 0 fully saturated rings. The maximum absolute atomic E-state index is 13.5. The van der Waals surface area contributed by atoms with Crippen molar-refractivity contribution in [3.63, 3.8) is 0 Å². The lowest BCUT2D eigenvalue weighted by molar-refractivity contribution is -0.114. The molecule has 0 aliphatic carbocycles. The first-order valence-electron chi connectivity index (χ1n) is 14.2. The summed E-state index contributed by atoms with van der Waals surface area (Å²) in [5.74, 6) is 1.18. The Labute approximate surface area is 277 Å². The lowest BCUT2D eigenvalue weighted by Gasteiger charge is -2.15. The van der Waals surface area contributed by atoms with E-state index in [0.29, 0.717) is 51.2 Å². The van der Waals surface area contributed by atoms with Crippen molar-refractivity contribution in [2.45, 2.75) is 4.90 Å². The summed E-state index contributed by atoms with van der Waals surface area (Å²) >= 11 is 1.33. The van der Waals surface area contributed by atoms with Crippen LogP contribution >= 0.6 is 11.8 Å². The molecule has 0 aliphatic heterocycles. The molecule has 0 saturated heterocycles. The second-order valence-corrected chi connectivity index (χ2v) is 10.8. The first-order chi connectivity index (χ1) is 22.8. The number of thioether (sulfide) groups is 1. The third-order valence-electron chi connectivity index (χ3n) is 6.69. The minimum Gasteiger partial charge on any atom is -0.497 e. The van der Waals surface area contributed by atoms with Crippen molar-refractivity contribution >= 4 is 46.9 Å². The van der Waals surface area contributed by atoms with Gasteiger partial charge in [-0.2, -0.15) is 0 Å². The van der Waals surface area contributed by atoms with E-state index in [9.17, 15) is 14.4 Å². The topological polar surface area (TPSA) is 133 Å². The zero-order valence-corrected chi connectivity index (χ0v) is 27.4. The number of nitrogens with one attached hydrogen (secondary N) is 3. The van der Waals surface area contributed by atoms with Gasteiger partial charge >= 0.3 is 0 Å². The van der Waals surface area contributed by atoms with Crippen molar-refractivity contribution in [3.8, 4) is 28.7 Å². The zero-order chi connectivity index (χ0) is 33.8. The Morgan fingerprint density at radius 2 is 1.36 bits per heavy atom. The number of rotatable bonds is 14. The summed E-state index contributed by atoms with van der Waals surface area (Å²) in [7, 11) is 7.54. The summed E-state index contributed by atoms with van der Waals surface area (Å²) < 4.78 is 26.8. The smallest absolute Gasteiger partial charge is 0.272 e. The number of carbonyl (C=O) groups excluding carboxylic acids is 3. The van der Waals surface area contributed by atoms with Gasteiger partial charge in [0.05, 0.1) is 47.0 Å².